The van der Waals surface area contributed by atoms with Crippen LogP contribution in [0.25, 0.3) is 0 Å². The molecule has 0 saturated heterocycles. The zero-order valence-electron chi connectivity index (χ0n) is 10.8. The van der Waals surface area contributed by atoms with Crippen molar-refractivity contribution >= 4 is 5.91 Å². The predicted octanol–water partition coefficient (Wildman–Crippen LogP) is 2.47. The molecule has 0 aliphatic rings. The molecule has 0 aliphatic carbocycles. The molecule has 0 aromatic heterocycles. The minimum Gasteiger partial charge on any atom is -0.329 e. The quantitative estimate of drug-likeness (QED) is 0.732. The normalized spacial score (nSPS) is 10.8. The highest BCUT2D eigenvalue weighted by molar-refractivity contribution is 5.90. The fourth-order valence-electron chi connectivity index (χ4n) is 1.54. The van der Waals surface area contributed by atoms with Crippen molar-refractivity contribution in [3.05, 3.63) is 35.4 Å². The smallest absolute Gasteiger partial charge is 0.325 e. The molecule has 0 aliphatic heterocycles. The Hall–Kier alpha value is -1.82. The molecule has 1 rings (SSSR count). The number of amides is 1. The molecule has 0 unspecified atom stereocenters. The number of nitriles is 1. The summed E-state index contributed by atoms with van der Waals surface area (Å²) < 4.78 is 0. The van der Waals surface area contributed by atoms with Gasteiger partial charge in [0.1, 0.15) is 0 Å². The minimum absolute atomic E-state index is 0.132. The Bertz CT molecular complexity index is 435. The third-order valence-electron chi connectivity index (χ3n) is 2.68. The van der Waals surface area contributed by atoms with Gasteiger partial charge in [0.2, 0.25) is 0 Å². The number of benzene rings is 1. The Labute approximate surface area is 103 Å². The lowest BCUT2D eigenvalue weighted by molar-refractivity contribution is -0.124. The van der Waals surface area contributed by atoms with Gasteiger partial charge in [-0.2, -0.15) is 5.26 Å². The van der Waals surface area contributed by atoms with Gasteiger partial charge >= 0.3 is 5.91 Å². The fourth-order valence-corrected chi connectivity index (χ4v) is 1.54. The lowest BCUT2D eigenvalue weighted by atomic mass is 9.87. The second-order valence-corrected chi connectivity index (χ2v) is 5.22. The summed E-state index contributed by atoms with van der Waals surface area (Å²) in [6, 6.07) is 9.75. The van der Waals surface area contributed by atoms with Gasteiger partial charge < -0.3 is 4.90 Å². The summed E-state index contributed by atoms with van der Waals surface area (Å²) >= 11 is 0. The highest BCUT2D eigenvalue weighted by Crippen LogP contribution is 2.22. The van der Waals surface area contributed by atoms with Crippen LogP contribution in [0.4, 0.5) is 0 Å². The molecular weight excluding hydrogens is 212 g/mol. The fraction of sp³-hybridized carbons (Fsp3) is 0.429. The molecule has 3 nitrogen and oxygen atoms in total. The Kier molecular flexibility index (Phi) is 3.90. The van der Waals surface area contributed by atoms with Crippen LogP contribution in [-0.2, 0) is 16.8 Å². The Balaban J connectivity index is 2.77. The number of rotatable bonds is 2. The molecule has 0 bridgehead atoms. The van der Waals surface area contributed by atoms with Gasteiger partial charge in [0.25, 0.3) is 0 Å². The van der Waals surface area contributed by atoms with Crippen molar-refractivity contribution in [3.8, 4) is 6.07 Å². The second kappa shape index (κ2) is 5.01. The Morgan fingerprint density at radius 3 is 2.24 bits per heavy atom. The number of carbonyl (C=O) groups excluding carboxylic acids is 1. The topological polar surface area (TPSA) is 44.1 Å². The van der Waals surface area contributed by atoms with Gasteiger partial charge in [-0.3, -0.25) is 4.79 Å². The van der Waals surface area contributed by atoms with E-state index in [2.05, 4.69) is 32.9 Å². The lowest BCUT2D eigenvalue weighted by Gasteiger charge is -2.20. The molecule has 17 heavy (non-hydrogen) atoms. The van der Waals surface area contributed by atoms with Gasteiger partial charge in [0.05, 0.1) is 0 Å². The first-order valence-electron chi connectivity index (χ1n) is 5.59. The van der Waals surface area contributed by atoms with Crippen LogP contribution < -0.4 is 0 Å². The molecule has 0 heterocycles. The van der Waals surface area contributed by atoms with Crippen molar-refractivity contribution in [2.75, 3.05) is 7.05 Å². The molecule has 90 valence electrons. The maximum Gasteiger partial charge on any atom is 0.325 e. The number of carbonyl (C=O) groups is 1. The van der Waals surface area contributed by atoms with Crippen LogP contribution in [0.3, 0.4) is 0 Å². The average Bonchev–Trinajstić information content (AvgIpc) is 2.27. The minimum atomic E-state index is -0.509. The molecule has 3 heteroatoms. The van der Waals surface area contributed by atoms with Crippen LogP contribution in [0.15, 0.2) is 24.3 Å². The molecule has 0 fully saturated rings. The monoisotopic (exact) mass is 230 g/mol. The molecule has 0 N–H and O–H groups in total. The van der Waals surface area contributed by atoms with E-state index in [1.165, 1.54) is 10.5 Å². The summed E-state index contributed by atoms with van der Waals surface area (Å²) in [5.74, 6) is -0.509. The number of hydrogen-bond donors (Lipinski definition) is 0. The van der Waals surface area contributed by atoms with Crippen molar-refractivity contribution in [3.63, 3.8) is 0 Å². The van der Waals surface area contributed by atoms with Gasteiger partial charge in [0.15, 0.2) is 6.07 Å². The zero-order valence-corrected chi connectivity index (χ0v) is 10.8. The summed E-state index contributed by atoms with van der Waals surface area (Å²) in [5, 5.41) is 8.49. The third kappa shape index (κ3) is 3.60. The van der Waals surface area contributed by atoms with Crippen LogP contribution >= 0.6 is 0 Å². The summed E-state index contributed by atoms with van der Waals surface area (Å²) in [5.41, 5.74) is 2.42. The van der Waals surface area contributed by atoms with Crippen molar-refractivity contribution in [1.82, 2.24) is 4.90 Å². The van der Waals surface area contributed by atoms with Crippen molar-refractivity contribution < 1.29 is 4.79 Å². The molecular formula is C14H18N2O. The zero-order chi connectivity index (χ0) is 13.1. The van der Waals surface area contributed by atoms with Crippen molar-refractivity contribution in [1.29, 1.82) is 5.26 Å². The average molecular weight is 230 g/mol. The van der Waals surface area contributed by atoms with Crippen LogP contribution in [0.2, 0.25) is 0 Å². The Morgan fingerprint density at radius 2 is 1.82 bits per heavy atom. The number of nitrogens with zero attached hydrogens (tertiary/aromatic N) is 2. The maximum atomic E-state index is 11.1. The molecule has 0 atom stereocenters. The number of hydrogen-bond acceptors (Lipinski definition) is 2. The van der Waals surface area contributed by atoms with E-state index in [0.717, 1.165) is 5.56 Å². The van der Waals surface area contributed by atoms with E-state index in [1.54, 1.807) is 13.1 Å². The first-order chi connectivity index (χ1) is 7.84. The predicted molar refractivity (Wildman–Crippen MR) is 67.2 cm³/mol. The largest absolute Gasteiger partial charge is 0.329 e. The van der Waals surface area contributed by atoms with Gasteiger partial charge in [-0.05, 0) is 16.5 Å². The first kappa shape index (κ1) is 13.2. The highest BCUT2D eigenvalue weighted by atomic mass is 16.2. The van der Waals surface area contributed by atoms with E-state index >= 15 is 0 Å². The summed E-state index contributed by atoms with van der Waals surface area (Å²) in [6.07, 6.45) is 0. The van der Waals surface area contributed by atoms with E-state index in [9.17, 15) is 4.79 Å². The summed E-state index contributed by atoms with van der Waals surface area (Å²) in [4.78, 5) is 12.5. The molecule has 1 aromatic rings. The van der Waals surface area contributed by atoms with Gasteiger partial charge in [-0.1, -0.05) is 45.0 Å². The van der Waals surface area contributed by atoms with E-state index < -0.39 is 5.91 Å². The molecule has 1 amide bonds. The van der Waals surface area contributed by atoms with E-state index in [-0.39, 0.29) is 5.41 Å². The van der Waals surface area contributed by atoms with Crippen LogP contribution in [0.5, 0.6) is 0 Å². The first-order valence-corrected chi connectivity index (χ1v) is 5.59. The SMILES string of the molecule is CN(Cc1ccc(C(C)(C)C)cc1)C(=O)C#N. The molecule has 0 saturated carbocycles. The van der Waals surface area contributed by atoms with E-state index in [0.29, 0.717) is 6.54 Å². The molecule has 0 radical (unpaired) electrons. The highest BCUT2D eigenvalue weighted by Gasteiger charge is 2.13. The van der Waals surface area contributed by atoms with Crippen molar-refractivity contribution in [2.45, 2.75) is 32.7 Å². The van der Waals surface area contributed by atoms with Gasteiger partial charge in [0, 0.05) is 13.6 Å². The van der Waals surface area contributed by atoms with Crippen LogP contribution in [-0.4, -0.2) is 17.9 Å². The Morgan fingerprint density at radius 1 is 1.29 bits per heavy atom. The van der Waals surface area contributed by atoms with Crippen LogP contribution in [0.1, 0.15) is 31.9 Å². The van der Waals surface area contributed by atoms with Crippen LogP contribution in [0, 0.1) is 11.3 Å². The molecule has 0 spiro atoms. The maximum absolute atomic E-state index is 11.1. The molecule has 1 aromatic carbocycles. The summed E-state index contributed by atoms with van der Waals surface area (Å²) in [7, 11) is 1.63. The van der Waals surface area contributed by atoms with Gasteiger partial charge in [-0.25, -0.2) is 0 Å². The van der Waals surface area contributed by atoms with Gasteiger partial charge in [-0.15, -0.1) is 0 Å². The second-order valence-electron chi connectivity index (χ2n) is 5.22. The van der Waals surface area contributed by atoms with E-state index in [1.807, 2.05) is 12.1 Å². The summed E-state index contributed by atoms with van der Waals surface area (Å²) in [6.45, 7) is 6.95. The van der Waals surface area contributed by atoms with E-state index in [4.69, 9.17) is 5.26 Å². The lowest BCUT2D eigenvalue weighted by Crippen LogP contribution is -2.24. The standard InChI is InChI=1S/C14H18N2O/c1-14(2,3)12-7-5-11(6-8-12)10-16(4)13(17)9-15/h5-8H,10H2,1-4H3. The van der Waals surface area contributed by atoms with Crippen molar-refractivity contribution in [2.24, 2.45) is 0 Å². The third-order valence-corrected chi connectivity index (χ3v) is 2.68.